The fraction of sp³-hybridized carbons (Fsp3) is 1.00. The highest BCUT2D eigenvalue weighted by Crippen LogP contribution is 2.28. The minimum atomic E-state index is -4.26. The van der Waals surface area contributed by atoms with Gasteiger partial charge in [-0.05, 0) is 12.8 Å². The maximum Gasteiger partial charge on any atom is 0.389 e. The first-order chi connectivity index (χ1) is 8.29. The van der Waals surface area contributed by atoms with Crippen LogP contribution < -0.4 is 0 Å². The lowest BCUT2D eigenvalue weighted by atomic mass is 10.1. The van der Waals surface area contributed by atoms with Crippen molar-refractivity contribution in [2.24, 2.45) is 0 Å². The molecule has 1 atom stereocenters. The lowest BCUT2D eigenvalue weighted by Gasteiger charge is -2.16. The van der Waals surface area contributed by atoms with E-state index in [1.165, 1.54) is 0 Å². The zero-order valence-corrected chi connectivity index (χ0v) is 9.94. The summed E-state index contributed by atoms with van der Waals surface area (Å²) in [4.78, 5) is 0. The van der Waals surface area contributed by atoms with Gasteiger partial charge in [0.1, 0.15) is 6.10 Å². The molecule has 1 heterocycles. The van der Waals surface area contributed by atoms with Gasteiger partial charge in [-0.15, -0.1) is 0 Å². The van der Waals surface area contributed by atoms with Crippen LogP contribution in [0.2, 0.25) is 0 Å². The Balaban J connectivity index is 1.99. The lowest BCUT2D eigenvalue weighted by Crippen LogP contribution is -2.20. The van der Waals surface area contributed by atoms with Gasteiger partial charge >= 0.3 is 6.18 Å². The third-order valence-corrected chi connectivity index (χ3v) is 2.57. The molecule has 0 aromatic rings. The highest BCUT2D eigenvalue weighted by molar-refractivity contribution is 4.69. The summed E-state index contributed by atoms with van der Waals surface area (Å²) in [7, 11) is 0. The van der Waals surface area contributed by atoms with Crippen molar-refractivity contribution in [3.8, 4) is 0 Å². The van der Waals surface area contributed by atoms with Gasteiger partial charge in [-0.3, -0.25) is 0 Å². The Morgan fingerprint density at radius 2 is 1.61 bits per heavy atom. The molecular formula is C11H17F5O2. The molecule has 0 radical (unpaired) electrons. The maximum absolute atomic E-state index is 13.2. The molecule has 1 saturated heterocycles. The lowest BCUT2D eigenvalue weighted by molar-refractivity contribution is -0.136. The molecule has 0 N–H and O–H groups in total. The molecule has 0 amide bonds. The van der Waals surface area contributed by atoms with Gasteiger partial charge < -0.3 is 9.47 Å². The van der Waals surface area contributed by atoms with Crippen LogP contribution in [0.1, 0.15) is 32.1 Å². The van der Waals surface area contributed by atoms with Crippen LogP contribution in [0.5, 0.6) is 0 Å². The van der Waals surface area contributed by atoms with E-state index in [2.05, 4.69) is 0 Å². The number of ether oxygens (including phenoxy) is 2. The molecule has 1 fully saturated rings. The quantitative estimate of drug-likeness (QED) is 0.365. The number of rotatable bonds is 9. The average Bonchev–Trinajstić information content (AvgIpc) is 3.02. The van der Waals surface area contributed by atoms with Gasteiger partial charge in [-0.25, -0.2) is 8.78 Å². The predicted octanol–water partition coefficient (Wildman–Crippen LogP) is 3.55. The summed E-state index contributed by atoms with van der Waals surface area (Å²) < 4.78 is 71.5. The van der Waals surface area contributed by atoms with Crippen LogP contribution >= 0.6 is 0 Å². The van der Waals surface area contributed by atoms with E-state index in [0.29, 0.717) is 13.2 Å². The molecule has 2 nitrogen and oxygen atoms in total. The van der Waals surface area contributed by atoms with Crippen LogP contribution in [-0.4, -0.2) is 38.0 Å². The predicted molar refractivity (Wildman–Crippen MR) is 54.6 cm³/mol. The van der Waals surface area contributed by atoms with Crippen molar-refractivity contribution >= 4 is 0 Å². The summed E-state index contributed by atoms with van der Waals surface area (Å²) in [5.74, 6) is -2.95. The van der Waals surface area contributed by atoms with Gasteiger partial charge in [0, 0.05) is 19.3 Å². The highest BCUT2D eigenvalue weighted by Gasteiger charge is 2.31. The number of hydrogen-bond donors (Lipinski definition) is 0. The van der Waals surface area contributed by atoms with Crippen molar-refractivity contribution in [3.05, 3.63) is 0 Å². The number of unbranched alkanes of at least 4 members (excludes halogenated alkanes) is 1. The van der Waals surface area contributed by atoms with Crippen molar-refractivity contribution in [3.63, 3.8) is 0 Å². The summed E-state index contributed by atoms with van der Waals surface area (Å²) in [5.41, 5.74) is 0. The van der Waals surface area contributed by atoms with Gasteiger partial charge in [-0.1, -0.05) is 0 Å². The number of hydrogen-bond acceptors (Lipinski definition) is 2. The molecule has 7 heteroatoms. The minimum absolute atomic E-state index is 0.0328. The van der Waals surface area contributed by atoms with E-state index in [4.69, 9.17) is 9.47 Å². The molecule has 1 aliphatic heterocycles. The van der Waals surface area contributed by atoms with Crippen LogP contribution in [0.4, 0.5) is 22.0 Å². The van der Waals surface area contributed by atoms with Gasteiger partial charge in [-0.2, -0.15) is 13.2 Å². The SMILES string of the molecule is FC(F)(F)CCCCC(F)(F)CCOCC1CO1. The topological polar surface area (TPSA) is 21.8 Å². The molecule has 1 rings (SSSR count). The van der Waals surface area contributed by atoms with Crippen molar-refractivity contribution in [1.82, 2.24) is 0 Å². The second-order valence-electron chi connectivity index (χ2n) is 4.46. The molecule has 18 heavy (non-hydrogen) atoms. The molecule has 0 saturated carbocycles. The molecule has 0 bridgehead atoms. The van der Waals surface area contributed by atoms with Crippen LogP contribution in [0.15, 0.2) is 0 Å². The van der Waals surface area contributed by atoms with Crippen molar-refractivity contribution in [1.29, 1.82) is 0 Å². The molecule has 0 spiro atoms. The fourth-order valence-corrected chi connectivity index (χ4v) is 1.43. The highest BCUT2D eigenvalue weighted by atomic mass is 19.4. The summed E-state index contributed by atoms with van der Waals surface area (Å²) in [6.07, 6.45) is -6.58. The first kappa shape index (κ1) is 15.6. The first-order valence-electron chi connectivity index (χ1n) is 5.92. The third kappa shape index (κ3) is 8.63. The molecule has 0 aromatic carbocycles. The second kappa shape index (κ2) is 6.65. The molecule has 1 aliphatic rings. The Morgan fingerprint density at radius 3 is 2.17 bits per heavy atom. The summed E-state index contributed by atoms with van der Waals surface area (Å²) >= 11 is 0. The zero-order valence-electron chi connectivity index (χ0n) is 9.94. The number of halogens is 5. The minimum Gasteiger partial charge on any atom is -0.378 e. The van der Waals surface area contributed by atoms with Gasteiger partial charge in [0.05, 0.1) is 19.8 Å². The zero-order chi connectivity index (χ0) is 13.6. The van der Waals surface area contributed by atoms with E-state index in [-0.39, 0.29) is 25.6 Å². The molecule has 0 aliphatic carbocycles. The maximum atomic E-state index is 13.2. The van der Waals surface area contributed by atoms with Crippen LogP contribution in [0, 0.1) is 0 Å². The molecule has 108 valence electrons. The summed E-state index contributed by atoms with van der Waals surface area (Å²) in [6.45, 7) is 0.824. The van der Waals surface area contributed by atoms with Crippen LogP contribution in [0.25, 0.3) is 0 Å². The van der Waals surface area contributed by atoms with Gasteiger partial charge in [0.15, 0.2) is 0 Å². The largest absolute Gasteiger partial charge is 0.389 e. The normalized spacial score (nSPS) is 20.2. The van der Waals surface area contributed by atoms with Crippen LogP contribution in [-0.2, 0) is 9.47 Å². The Bertz CT molecular complexity index is 238. The van der Waals surface area contributed by atoms with E-state index in [1.54, 1.807) is 0 Å². The second-order valence-corrected chi connectivity index (χ2v) is 4.46. The van der Waals surface area contributed by atoms with Gasteiger partial charge in [0.2, 0.25) is 5.92 Å². The smallest absolute Gasteiger partial charge is 0.378 e. The molecule has 1 unspecified atom stereocenters. The Kier molecular flexibility index (Phi) is 5.78. The van der Waals surface area contributed by atoms with E-state index in [0.717, 1.165) is 0 Å². The Morgan fingerprint density at radius 1 is 1.00 bits per heavy atom. The van der Waals surface area contributed by atoms with E-state index in [9.17, 15) is 22.0 Å². The van der Waals surface area contributed by atoms with Gasteiger partial charge in [0.25, 0.3) is 0 Å². The standard InChI is InChI=1S/C11H17F5O2/c12-10(13,3-1-2-4-11(14,15)16)5-6-17-7-9-8-18-9/h9H,1-8H2. The Labute approximate surface area is 102 Å². The van der Waals surface area contributed by atoms with Crippen LogP contribution in [0.3, 0.4) is 0 Å². The van der Waals surface area contributed by atoms with Crippen molar-refractivity contribution in [2.75, 3.05) is 19.8 Å². The van der Waals surface area contributed by atoms with E-state index >= 15 is 0 Å². The number of alkyl halides is 5. The molecular weight excluding hydrogens is 259 g/mol. The number of epoxide rings is 1. The monoisotopic (exact) mass is 276 g/mol. The average molecular weight is 276 g/mol. The molecule has 0 aromatic heterocycles. The summed E-state index contributed by atoms with van der Waals surface area (Å²) in [6, 6.07) is 0. The summed E-state index contributed by atoms with van der Waals surface area (Å²) in [5, 5.41) is 0. The fourth-order valence-electron chi connectivity index (χ4n) is 1.43. The first-order valence-corrected chi connectivity index (χ1v) is 5.92. The Hall–Kier alpha value is -0.430. The van der Waals surface area contributed by atoms with Crippen molar-refractivity contribution in [2.45, 2.75) is 50.3 Å². The van der Waals surface area contributed by atoms with E-state index < -0.39 is 31.4 Å². The van der Waals surface area contributed by atoms with Crippen molar-refractivity contribution < 1.29 is 31.4 Å². The van der Waals surface area contributed by atoms with E-state index in [1.807, 2.05) is 0 Å². The third-order valence-electron chi connectivity index (χ3n) is 2.57.